The number of aliphatic hydroxyl groups is 1. The topological polar surface area (TPSA) is 203 Å². The third-order valence-electron chi connectivity index (χ3n) is 13.7. The van der Waals surface area contributed by atoms with Gasteiger partial charge in [-0.2, -0.15) is 0 Å². The molecule has 3 aromatic heterocycles. The predicted molar refractivity (Wildman–Crippen MR) is 249 cm³/mol. The van der Waals surface area contributed by atoms with Crippen LogP contribution in [0.2, 0.25) is 0 Å². The van der Waals surface area contributed by atoms with Crippen molar-refractivity contribution in [2.24, 2.45) is 11.8 Å². The zero-order valence-electron chi connectivity index (χ0n) is 38.0. The highest BCUT2D eigenvalue weighted by atomic mass is 32.1. The molecule has 3 amide bonds. The van der Waals surface area contributed by atoms with Crippen LogP contribution in [0.25, 0.3) is 21.7 Å². The summed E-state index contributed by atoms with van der Waals surface area (Å²) in [6.45, 7) is 14.1. The number of aryl methyl sites for hydroxylation is 1. The monoisotopic (exact) mass is 918 g/mol. The number of aromatic nitrogens is 4. The molecular formula is C48H58N10O7S. The van der Waals surface area contributed by atoms with Crippen LogP contribution in [0.1, 0.15) is 69.5 Å². The molecule has 4 N–H and O–H groups in total. The number of thiazole rings is 1. The van der Waals surface area contributed by atoms with Crippen LogP contribution >= 0.6 is 11.3 Å². The number of likely N-dealkylation sites (tertiary alicyclic amines) is 2. The fourth-order valence-corrected chi connectivity index (χ4v) is 11.0. The molecular weight excluding hydrogens is 861 g/mol. The quantitative estimate of drug-likeness (QED) is 0.129. The van der Waals surface area contributed by atoms with Gasteiger partial charge in [0.15, 0.2) is 18.2 Å². The smallest absolute Gasteiger partial charge is 0.260 e. The van der Waals surface area contributed by atoms with Gasteiger partial charge in [-0.3, -0.25) is 19.3 Å². The lowest BCUT2D eigenvalue weighted by molar-refractivity contribution is -0.141. The molecule has 66 heavy (non-hydrogen) atoms. The highest BCUT2D eigenvalue weighted by Gasteiger charge is 2.44. The van der Waals surface area contributed by atoms with Gasteiger partial charge < -0.3 is 44.8 Å². The van der Waals surface area contributed by atoms with E-state index in [-0.39, 0.29) is 78.6 Å². The molecule has 0 spiro atoms. The maximum Gasteiger partial charge on any atom is 0.260 e. The van der Waals surface area contributed by atoms with E-state index in [9.17, 15) is 24.6 Å². The normalized spacial score (nSPS) is 22.9. The van der Waals surface area contributed by atoms with Gasteiger partial charge in [-0.15, -0.1) is 21.5 Å². The number of hydrogen-bond donors (Lipinski definition) is 4. The average Bonchev–Trinajstić information content (AvgIpc) is 4.07. The number of rotatable bonds is 12. The molecule has 7 heterocycles. The number of hydrogen-bond acceptors (Lipinski definition) is 15. The number of fused-ring (bicyclic) bond motifs is 3. The van der Waals surface area contributed by atoms with Crippen LogP contribution in [-0.4, -0.2) is 140 Å². The molecule has 9 rings (SSSR count). The van der Waals surface area contributed by atoms with E-state index in [4.69, 9.17) is 9.26 Å². The first-order chi connectivity index (χ1) is 31.8. The molecule has 17 nitrogen and oxygen atoms in total. The Morgan fingerprint density at radius 3 is 2.56 bits per heavy atom. The zero-order valence-corrected chi connectivity index (χ0v) is 38.8. The van der Waals surface area contributed by atoms with Crippen LogP contribution in [-0.2, 0) is 14.4 Å². The molecule has 0 bridgehead atoms. The zero-order chi connectivity index (χ0) is 46.2. The minimum Gasteiger partial charge on any atom is -0.507 e. The first kappa shape index (κ1) is 45.1. The van der Waals surface area contributed by atoms with E-state index >= 15 is 0 Å². The van der Waals surface area contributed by atoms with E-state index in [1.54, 1.807) is 29.5 Å². The standard InChI is InChI=1S/C48H58N10O7S/c1-27(2)44(48(63)58-24-34(59)18-39(58)47(62)51-29(4)31-10-12-32(13-11-31)45-30(5)50-26-66-45)41-20-42(54-65-41)64-25-43(61)56-15-14-37(28(3)22-56)55-16-17-57-33(23-55)21-49-46-38(57)19-36(52-53-46)35-8-6-7-9-40(35)60/h6-13,19-20,26-29,33-34,37,39,44,59-60H,14-18,21-25H2,1-5H3,(H,49,53)(H,51,62)/t28-,29?,33-,34-,37-,39+,44?/m1/s1. The lowest BCUT2D eigenvalue weighted by atomic mass is 9.90. The molecule has 4 aliphatic rings. The van der Waals surface area contributed by atoms with Crippen molar-refractivity contribution in [1.82, 2.24) is 40.4 Å². The summed E-state index contributed by atoms with van der Waals surface area (Å²) < 4.78 is 11.5. The van der Waals surface area contributed by atoms with Crippen LogP contribution < -0.4 is 20.3 Å². The number of piperidine rings is 1. The Hall–Kier alpha value is -6.11. The summed E-state index contributed by atoms with van der Waals surface area (Å²) in [6, 6.07) is 18.0. The number of carbonyl (C=O) groups is 3. The number of carbonyl (C=O) groups excluding carboxylic acids is 3. The van der Waals surface area contributed by atoms with Gasteiger partial charge in [-0.25, -0.2) is 4.98 Å². The van der Waals surface area contributed by atoms with Gasteiger partial charge in [0.25, 0.3) is 11.8 Å². The maximum absolute atomic E-state index is 14.2. The Morgan fingerprint density at radius 2 is 1.82 bits per heavy atom. The Bertz CT molecular complexity index is 2550. The number of piperazine rings is 1. The number of anilines is 2. The lowest BCUT2D eigenvalue weighted by Gasteiger charge is -2.50. The summed E-state index contributed by atoms with van der Waals surface area (Å²) in [5.74, 6) is -0.383. The number of amides is 3. The summed E-state index contributed by atoms with van der Waals surface area (Å²) in [4.78, 5) is 55.2. The molecule has 5 aromatic rings. The Balaban J connectivity index is 0.768. The van der Waals surface area contributed by atoms with Crippen molar-refractivity contribution >= 4 is 40.6 Å². The molecule has 0 saturated carbocycles. The van der Waals surface area contributed by atoms with Crippen molar-refractivity contribution < 1.29 is 33.9 Å². The van der Waals surface area contributed by atoms with Crippen molar-refractivity contribution in [3.63, 3.8) is 0 Å². The predicted octanol–water partition coefficient (Wildman–Crippen LogP) is 5.08. The van der Waals surface area contributed by atoms with Gasteiger partial charge in [0.1, 0.15) is 17.7 Å². The van der Waals surface area contributed by atoms with Gasteiger partial charge in [0.2, 0.25) is 11.8 Å². The van der Waals surface area contributed by atoms with Gasteiger partial charge in [-0.1, -0.05) is 57.2 Å². The molecule has 0 aliphatic carbocycles. The van der Waals surface area contributed by atoms with Crippen molar-refractivity contribution in [2.75, 3.05) is 62.6 Å². The van der Waals surface area contributed by atoms with E-state index in [1.165, 1.54) is 4.90 Å². The second-order valence-corrected chi connectivity index (χ2v) is 19.3. The van der Waals surface area contributed by atoms with Crippen molar-refractivity contribution in [3.8, 4) is 33.3 Å². The number of aliphatic hydroxyl groups excluding tert-OH is 1. The summed E-state index contributed by atoms with van der Waals surface area (Å²) in [5.41, 5.74) is 7.03. The van der Waals surface area contributed by atoms with Crippen molar-refractivity contribution in [2.45, 2.75) is 83.6 Å². The SMILES string of the molecule is Cc1ncsc1-c1ccc(C(C)NC(=O)[C@@H]2C[C@@H](O)CN2C(=O)C(c2cc(OCC(=O)N3CC[C@@H](N4CCN5c6cc(-c7ccccc7O)nnc6NC[C@@H]5C4)[C@H](C)C3)no2)C(C)C)cc1. The second kappa shape index (κ2) is 19.0. The largest absolute Gasteiger partial charge is 0.507 e. The Morgan fingerprint density at radius 1 is 1.02 bits per heavy atom. The van der Waals surface area contributed by atoms with Gasteiger partial charge in [-0.05, 0) is 66.6 Å². The van der Waals surface area contributed by atoms with Gasteiger partial charge in [0, 0.05) is 69.9 Å². The number of phenolic OH excluding ortho intramolecular Hbond substituents is 1. The minimum atomic E-state index is -0.870. The van der Waals surface area contributed by atoms with Crippen LogP contribution in [0.5, 0.6) is 11.6 Å². The number of benzene rings is 2. The summed E-state index contributed by atoms with van der Waals surface area (Å²) in [5, 5.41) is 40.6. The van der Waals surface area contributed by atoms with Crippen molar-refractivity contribution in [1.29, 1.82) is 0 Å². The van der Waals surface area contributed by atoms with Crippen LogP contribution in [0.4, 0.5) is 11.5 Å². The highest BCUT2D eigenvalue weighted by molar-refractivity contribution is 7.13. The fraction of sp³-hybridized carbons (Fsp3) is 0.479. The number of nitrogens with one attached hydrogen (secondary N) is 2. The first-order valence-electron chi connectivity index (χ1n) is 22.9. The third kappa shape index (κ3) is 9.18. The fourth-order valence-electron chi connectivity index (χ4n) is 10.2. The number of para-hydroxylation sites is 1. The lowest BCUT2D eigenvalue weighted by Crippen LogP contribution is -2.62. The molecule has 4 aliphatic heterocycles. The van der Waals surface area contributed by atoms with E-state index < -0.39 is 18.1 Å². The molecule has 18 heteroatoms. The number of phenols is 1. The van der Waals surface area contributed by atoms with Crippen LogP contribution in [0.15, 0.2) is 70.7 Å². The molecule has 0 radical (unpaired) electrons. The number of β-amino-alcohol motifs (C(OH)–C–C–N with tert-alkyl or cyclic N) is 1. The minimum absolute atomic E-state index is 0.0133. The van der Waals surface area contributed by atoms with Crippen LogP contribution in [0.3, 0.4) is 0 Å². The van der Waals surface area contributed by atoms with E-state index in [1.807, 2.05) is 80.6 Å². The van der Waals surface area contributed by atoms with E-state index in [2.05, 4.69) is 47.7 Å². The Labute approximate surface area is 388 Å². The van der Waals surface area contributed by atoms with Gasteiger partial charge in [0.05, 0.1) is 45.7 Å². The van der Waals surface area contributed by atoms with Crippen molar-refractivity contribution in [3.05, 3.63) is 83.2 Å². The maximum atomic E-state index is 14.2. The Kier molecular flexibility index (Phi) is 13.0. The number of ether oxygens (including phenoxy) is 1. The summed E-state index contributed by atoms with van der Waals surface area (Å²) in [7, 11) is 0. The van der Waals surface area contributed by atoms with Gasteiger partial charge >= 0.3 is 0 Å². The molecule has 3 saturated heterocycles. The number of aromatic hydroxyl groups is 1. The van der Waals surface area contributed by atoms with Crippen LogP contribution in [0, 0.1) is 18.8 Å². The molecule has 348 valence electrons. The first-order valence-corrected chi connectivity index (χ1v) is 23.8. The average molecular weight is 919 g/mol. The molecule has 2 unspecified atom stereocenters. The molecule has 7 atom stereocenters. The molecule has 2 aromatic carbocycles. The second-order valence-electron chi connectivity index (χ2n) is 18.5. The summed E-state index contributed by atoms with van der Waals surface area (Å²) >= 11 is 1.58. The number of nitrogens with zero attached hydrogens (tertiary/aromatic N) is 8. The summed E-state index contributed by atoms with van der Waals surface area (Å²) in [6.07, 6.45) is 0.0929. The van der Waals surface area contributed by atoms with E-state index in [0.29, 0.717) is 30.4 Å². The van der Waals surface area contributed by atoms with E-state index in [0.717, 1.165) is 65.8 Å². The third-order valence-corrected chi connectivity index (χ3v) is 14.7. The molecule has 3 fully saturated rings. The highest BCUT2D eigenvalue weighted by Crippen LogP contribution is 2.38.